The van der Waals surface area contributed by atoms with E-state index in [4.69, 9.17) is 4.74 Å². The van der Waals surface area contributed by atoms with Crippen molar-refractivity contribution in [3.8, 4) is 5.75 Å². The van der Waals surface area contributed by atoms with E-state index in [1.807, 2.05) is 18.0 Å². The maximum absolute atomic E-state index is 10.8. The molecule has 1 aliphatic heterocycles. The van der Waals surface area contributed by atoms with Crippen molar-refractivity contribution in [2.45, 2.75) is 6.04 Å². The minimum Gasteiger partial charge on any atom is -0.496 e. The molecule has 6 nitrogen and oxygen atoms in total. The summed E-state index contributed by atoms with van der Waals surface area (Å²) in [6.07, 6.45) is 0. The van der Waals surface area contributed by atoms with Crippen LogP contribution in [0.3, 0.4) is 0 Å². The lowest BCUT2D eigenvalue weighted by Gasteiger charge is -2.37. The molecule has 0 radical (unpaired) electrons. The zero-order valence-electron chi connectivity index (χ0n) is 9.84. The van der Waals surface area contributed by atoms with Gasteiger partial charge in [0.25, 0.3) is 5.69 Å². The molecule has 0 aromatic heterocycles. The van der Waals surface area contributed by atoms with Crippen molar-refractivity contribution in [1.29, 1.82) is 0 Å². The van der Waals surface area contributed by atoms with E-state index in [1.165, 1.54) is 13.2 Å². The molecule has 1 fully saturated rings. The first kappa shape index (κ1) is 11.7. The van der Waals surface area contributed by atoms with Gasteiger partial charge in [0.05, 0.1) is 24.1 Å². The number of nitro benzene ring substituents is 1. The van der Waals surface area contributed by atoms with Crippen molar-refractivity contribution in [2.75, 3.05) is 32.1 Å². The Bertz CT molecular complexity index is 432. The number of nitro groups is 1. The molecule has 0 unspecified atom stereocenters. The van der Waals surface area contributed by atoms with E-state index in [0.29, 0.717) is 11.8 Å². The minimum atomic E-state index is -0.404. The Morgan fingerprint density at radius 2 is 2.18 bits per heavy atom. The Balaban J connectivity index is 2.31. The average molecular weight is 237 g/mol. The molecule has 2 rings (SSSR count). The van der Waals surface area contributed by atoms with E-state index in [0.717, 1.165) is 18.8 Å². The number of hydrogen-bond donors (Lipinski definition) is 1. The lowest BCUT2D eigenvalue weighted by molar-refractivity contribution is -0.384. The SMILES string of the molecule is COc1cc(N(C)C2CNC2)cc([N+](=O)[O-])c1. The highest BCUT2D eigenvalue weighted by atomic mass is 16.6. The molecule has 17 heavy (non-hydrogen) atoms. The summed E-state index contributed by atoms with van der Waals surface area (Å²) in [5.41, 5.74) is 0.862. The number of nitrogens with one attached hydrogen (secondary N) is 1. The summed E-state index contributed by atoms with van der Waals surface area (Å²) in [6, 6.07) is 5.20. The Labute approximate surface area is 99.3 Å². The standard InChI is InChI=1S/C11H15N3O3/c1-13(10-6-12-7-10)8-3-9(14(15)16)5-11(4-8)17-2/h3-5,10,12H,6-7H2,1-2H3. The number of methoxy groups -OCH3 is 1. The van der Waals surface area contributed by atoms with Gasteiger partial charge in [0, 0.05) is 38.0 Å². The predicted molar refractivity (Wildman–Crippen MR) is 64.7 cm³/mol. The average Bonchev–Trinajstić information content (AvgIpc) is 2.25. The normalized spacial score (nSPS) is 15.2. The quantitative estimate of drug-likeness (QED) is 0.625. The van der Waals surface area contributed by atoms with Crippen molar-refractivity contribution < 1.29 is 9.66 Å². The molecule has 92 valence electrons. The number of anilines is 1. The van der Waals surface area contributed by atoms with E-state index >= 15 is 0 Å². The molecular weight excluding hydrogens is 222 g/mol. The lowest BCUT2D eigenvalue weighted by atomic mass is 10.1. The third-order valence-electron chi connectivity index (χ3n) is 3.04. The predicted octanol–water partition coefficient (Wildman–Crippen LogP) is 1.01. The second kappa shape index (κ2) is 4.58. The molecule has 1 aliphatic rings. The van der Waals surface area contributed by atoms with Crippen LogP contribution in [0.5, 0.6) is 5.75 Å². The van der Waals surface area contributed by atoms with Crippen LogP contribution in [0.15, 0.2) is 18.2 Å². The Kier molecular flexibility index (Phi) is 3.14. The smallest absolute Gasteiger partial charge is 0.275 e. The van der Waals surface area contributed by atoms with E-state index in [9.17, 15) is 10.1 Å². The molecule has 0 atom stereocenters. The molecule has 0 amide bonds. The van der Waals surface area contributed by atoms with Gasteiger partial charge in [0.2, 0.25) is 0 Å². The van der Waals surface area contributed by atoms with E-state index in [-0.39, 0.29) is 5.69 Å². The zero-order valence-corrected chi connectivity index (χ0v) is 9.84. The van der Waals surface area contributed by atoms with Crippen molar-refractivity contribution >= 4 is 11.4 Å². The highest BCUT2D eigenvalue weighted by Gasteiger charge is 2.23. The van der Waals surface area contributed by atoms with Crippen LogP contribution in [-0.2, 0) is 0 Å². The minimum absolute atomic E-state index is 0.0542. The summed E-state index contributed by atoms with van der Waals surface area (Å²) in [4.78, 5) is 12.4. The number of ether oxygens (including phenoxy) is 1. The van der Waals surface area contributed by atoms with Crippen molar-refractivity contribution in [2.24, 2.45) is 0 Å². The van der Waals surface area contributed by atoms with Crippen LogP contribution in [0.2, 0.25) is 0 Å². The number of non-ortho nitro benzene ring substituents is 1. The maximum Gasteiger partial charge on any atom is 0.275 e. The fourth-order valence-corrected chi connectivity index (χ4v) is 1.75. The third kappa shape index (κ3) is 2.31. The van der Waals surface area contributed by atoms with Crippen LogP contribution in [0.1, 0.15) is 0 Å². The molecule has 0 spiro atoms. The van der Waals surface area contributed by atoms with Crippen molar-refractivity contribution in [1.82, 2.24) is 5.32 Å². The Morgan fingerprint density at radius 1 is 1.47 bits per heavy atom. The zero-order chi connectivity index (χ0) is 12.4. The molecule has 1 aromatic rings. The first-order valence-electron chi connectivity index (χ1n) is 5.39. The summed E-state index contributed by atoms with van der Waals surface area (Å²) in [5.74, 6) is 0.508. The summed E-state index contributed by atoms with van der Waals surface area (Å²) in [6.45, 7) is 1.81. The Hall–Kier alpha value is -1.82. The van der Waals surface area contributed by atoms with Gasteiger partial charge in [-0.15, -0.1) is 0 Å². The van der Waals surface area contributed by atoms with Crippen LogP contribution in [-0.4, -0.2) is 38.2 Å². The van der Waals surface area contributed by atoms with Gasteiger partial charge in [-0.1, -0.05) is 0 Å². The largest absolute Gasteiger partial charge is 0.496 e. The van der Waals surface area contributed by atoms with Crippen molar-refractivity contribution in [3.05, 3.63) is 28.3 Å². The molecule has 1 heterocycles. The van der Waals surface area contributed by atoms with Gasteiger partial charge in [-0.05, 0) is 0 Å². The molecule has 1 saturated heterocycles. The second-order valence-corrected chi connectivity index (χ2v) is 4.07. The summed E-state index contributed by atoms with van der Waals surface area (Å²) in [5, 5.41) is 14.0. The van der Waals surface area contributed by atoms with Gasteiger partial charge >= 0.3 is 0 Å². The van der Waals surface area contributed by atoms with Gasteiger partial charge in [0.1, 0.15) is 5.75 Å². The molecule has 1 N–H and O–H groups in total. The lowest BCUT2D eigenvalue weighted by Crippen LogP contribution is -2.56. The van der Waals surface area contributed by atoms with E-state index in [1.54, 1.807) is 6.07 Å². The molecule has 1 aromatic carbocycles. The Morgan fingerprint density at radius 3 is 2.65 bits per heavy atom. The van der Waals surface area contributed by atoms with E-state index in [2.05, 4.69) is 5.32 Å². The monoisotopic (exact) mass is 237 g/mol. The summed E-state index contributed by atoms with van der Waals surface area (Å²) in [7, 11) is 3.44. The summed E-state index contributed by atoms with van der Waals surface area (Å²) >= 11 is 0. The van der Waals surface area contributed by atoms with Gasteiger partial charge < -0.3 is 15.0 Å². The second-order valence-electron chi connectivity index (χ2n) is 4.07. The van der Waals surface area contributed by atoms with Crippen LogP contribution < -0.4 is 15.0 Å². The first-order valence-corrected chi connectivity index (χ1v) is 5.39. The maximum atomic E-state index is 10.8. The summed E-state index contributed by atoms with van der Waals surface area (Å²) < 4.78 is 5.08. The topological polar surface area (TPSA) is 67.6 Å². The molecule has 0 aliphatic carbocycles. The van der Waals surface area contributed by atoms with Gasteiger partial charge in [0.15, 0.2) is 0 Å². The first-order chi connectivity index (χ1) is 8.11. The van der Waals surface area contributed by atoms with Crippen LogP contribution >= 0.6 is 0 Å². The van der Waals surface area contributed by atoms with Crippen molar-refractivity contribution in [3.63, 3.8) is 0 Å². The molecular formula is C11H15N3O3. The molecule has 6 heteroatoms. The number of rotatable bonds is 4. The number of nitrogens with zero attached hydrogens (tertiary/aromatic N) is 2. The van der Waals surface area contributed by atoms with Crippen LogP contribution in [0.25, 0.3) is 0 Å². The molecule has 0 saturated carbocycles. The highest BCUT2D eigenvalue weighted by molar-refractivity contribution is 5.58. The third-order valence-corrected chi connectivity index (χ3v) is 3.04. The number of hydrogen-bond acceptors (Lipinski definition) is 5. The van der Waals surface area contributed by atoms with Gasteiger partial charge in [-0.3, -0.25) is 10.1 Å². The fraction of sp³-hybridized carbons (Fsp3) is 0.455. The van der Waals surface area contributed by atoms with E-state index < -0.39 is 4.92 Å². The van der Waals surface area contributed by atoms with Crippen LogP contribution in [0, 0.1) is 10.1 Å². The number of likely N-dealkylation sites (N-methyl/N-ethyl adjacent to an activating group) is 1. The van der Waals surface area contributed by atoms with Gasteiger partial charge in [-0.25, -0.2) is 0 Å². The fourth-order valence-electron chi connectivity index (χ4n) is 1.75. The number of benzene rings is 1. The highest BCUT2D eigenvalue weighted by Crippen LogP contribution is 2.29. The van der Waals surface area contributed by atoms with Crippen LogP contribution in [0.4, 0.5) is 11.4 Å². The molecule has 0 bridgehead atoms. The van der Waals surface area contributed by atoms with Gasteiger partial charge in [-0.2, -0.15) is 0 Å².